The zero-order chi connectivity index (χ0) is 13.0. The molecule has 6 nitrogen and oxygen atoms in total. The Morgan fingerprint density at radius 3 is 2.67 bits per heavy atom. The van der Waals surface area contributed by atoms with E-state index in [9.17, 15) is 14.9 Å². The van der Waals surface area contributed by atoms with Crippen molar-refractivity contribution < 1.29 is 9.72 Å². The molecule has 1 aromatic carbocycles. The van der Waals surface area contributed by atoms with E-state index in [-0.39, 0.29) is 17.6 Å². The first kappa shape index (κ1) is 12.5. The summed E-state index contributed by atoms with van der Waals surface area (Å²) < 4.78 is 0. The highest BCUT2D eigenvalue weighted by Gasteiger charge is 2.19. The molecule has 2 N–H and O–H groups in total. The van der Waals surface area contributed by atoms with Crippen molar-refractivity contribution in [3.63, 3.8) is 0 Å². The maximum atomic E-state index is 11.0. The van der Waals surface area contributed by atoms with Crippen LogP contribution in [0.5, 0.6) is 0 Å². The van der Waals surface area contributed by atoms with Gasteiger partial charge in [0.25, 0.3) is 5.69 Å². The fraction of sp³-hybridized carbons (Fsp3) is 0.417. The van der Waals surface area contributed by atoms with Gasteiger partial charge in [0, 0.05) is 37.7 Å². The molecule has 6 heteroatoms. The van der Waals surface area contributed by atoms with E-state index in [1.54, 1.807) is 12.1 Å². The Balaban J connectivity index is 1.76. The molecule has 0 spiro atoms. The Morgan fingerprint density at radius 1 is 1.39 bits per heavy atom. The molecule has 0 saturated carbocycles. The predicted octanol–water partition coefficient (Wildman–Crippen LogP) is 0.963. The third kappa shape index (κ3) is 3.27. The molecule has 0 bridgehead atoms. The summed E-state index contributed by atoms with van der Waals surface area (Å²) in [6, 6.07) is 6.66. The fourth-order valence-electron chi connectivity index (χ4n) is 1.96. The van der Waals surface area contributed by atoms with Crippen molar-refractivity contribution in [1.29, 1.82) is 0 Å². The summed E-state index contributed by atoms with van der Waals surface area (Å²) >= 11 is 0. The molecule has 1 fully saturated rings. The number of carbonyl (C=O) groups is 1. The van der Waals surface area contributed by atoms with Crippen LogP contribution in [0.4, 0.5) is 5.69 Å². The quantitative estimate of drug-likeness (QED) is 0.601. The van der Waals surface area contributed by atoms with Gasteiger partial charge in [-0.05, 0) is 12.0 Å². The number of nitrogens with zero attached hydrogens (tertiary/aromatic N) is 1. The van der Waals surface area contributed by atoms with Crippen molar-refractivity contribution in [2.24, 2.45) is 0 Å². The zero-order valence-electron chi connectivity index (χ0n) is 9.89. The molecule has 96 valence electrons. The van der Waals surface area contributed by atoms with Gasteiger partial charge in [0.05, 0.1) is 4.92 Å². The van der Waals surface area contributed by atoms with Crippen LogP contribution in [0.3, 0.4) is 0 Å². The van der Waals surface area contributed by atoms with Crippen LogP contribution in [0.15, 0.2) is 24.3 Å². The minimum atomic E-state index is -0.411. The number of amides is 1. The average molecular weight is 249 g/mol. The third-order valence-corrected chi connectivity index (χ3v) is 2.95. The van der Waals surface area contributed by atoms with E-state index in [0.717, 1.165) is 18.5 Å². The van der Waals surface area contributed by atoms with Crippen LogP contribution in [0, 0.1) is 10.1 Å². The molecule has 2 rings (SSSR count). The van der Waals surface area contributed by atoms with Gasteiger partial charge in [-0.2, -0.15) is 0 Å². The Hall–Kier alpha value is -1.95. The monoisotopic (exact) mass is 249 g/mol. The summed E-state index contributed by atoms with van der Waals surface area (Å²) in [5, 5.41) is 16.6. The lowest BCUT2D eigenvalue weighted by Gasteiger charge is -2.11. The van der Waals surface area contributed by atoms with E-state index < -0.39 is 4.92 Å². The molecule has 18 heavy (non-hydrogen) atoms. The van der Waals surface area contributed by atoms with Crippen LogP contribution in [-0.4, -0.2) is 23.4 Å². The summed E-state index contributed by atoms with van der Waals surface area (Å²) in [7, 11) is 0. The highest BCUT2D eigenvalue weighted by Crippen LogP contribution is 2.12. The lowest BCUT2D eigenvalue weighted by Crippen LogP contribution is -2.35. The number of benzene rings is 1. The smallest absolute Gasteiger partial charge is 0.269 e. The highest BCUT2D eigenvalue weighted by molar-refractivity contribution is 5.78. The van der Waals surface area contributed by atoms with E-state index >= 15 is 0 Å². The van der Waals surface area contributed by atoms with Crippen molar-refractivity contribution in [3.8, 4) is 0 Å². The topological polar surface area (TPSA) is 84.3 Å². The van der Waals surface area contributed by atoms with Crippen molar-refractivity contribution in [1.82, 2.24) is 10.6 Å². The second-order valence-electron chi connectivity index (χ2n) is 4.36. The first-order valence-electron chi connectivity index (χ1n) is 5.88. The number of nitro groups is 1. The van der Waals surface area contributed by atoms with Gasteiger partial charge in [0.1, 0.15) is 0 Å². The van der Waals surface area contributed by atoms with Crippen LogP contribution < -0.4 is 10.6 Å². The maximum absolute atomic E-state index is 11.0. The summed E-state index contributed by atoms with van der Waals surface area (Å²) in [5.41, 5.74) is 1.09. The van der Waals surface area contributed by atoms with E-state index in [1.165, 1.54) is 12.1 Å². The van der Waals surface area contributed by atoms with Gasteiger partial charge >= 0.3 is 0 Å². The Kier molecular flexibility index (Phi) is 3.88. The van der Waals surface area contributed by atoms with Gasteiger partial charge in [-0.25, -0.2) is 0 Å². The molecule has 1 aliphatic heterocycles. The molecule has 0 radical (unpaired) electrons. The molecule has 1 amide bonds. The van der Waals surface area contributed by atoms with E-state index in [1.807, 2.05) is 0 Å². The molecular weight excluding hydrogens is 234 g/mol. The van der Waals surface area contributed by atoms with Crippen molar-refractivity contribution in [2.45, 2.75) is 25.4 Å². The lowest BCUT2D eigenvalue weighted by molar-refractivity contribution is -0.384. The standard InChI is InChI=1S/C12H15N3O3/c16-12-6-3-10(14-12)8-13-7-9-1-4-11(5-2-9)15(17)18/h1-2,4-5,10,13H,3,6-8H2,(H,14,16). The number of carbonyl (C=O) groups excluding carboxylic acids is 1. The molecule has 0 aliphatic carbocycles. The molecule has 1 atom stereocenters. The zero-order valence-corrected chi connectivity index (χ0v) is 9.89. The molecular formula is C12H15N3O3. The number of hydrogen-bond acceptors (Lipinski definition) is 4. The van der Waals surface area contributed by atoms with Gasteiger partial charge in [-0.15, -0.1) is 0 Å². The summed E-state index contributed by atoms with van der Waals surface area (Å²) in [5.74, 6) is 0.108. The van der Waals surface area contributed by atoms with Crippen LogP contribution in [0.25, 0.3) is 0 Å². The molecule has 1 heterocycles. The van der Waals surface area contributed by atoms with Crippen LogP contribution in [0.2, 0.25) is 0 Å². The van der Waals surface area contributed by atoms with E-state index in [0.29, 0.717) is 13.0 Å². The van der Waals surface area contributed by atoms with E-state index in [2.05, 4.69) is 10.6 Å². The molecule has 0 aromatic heterocycles. The van der Waals surface area contributed by atoms with Crippen LogP contribution in [0.1, 0.15) is 18.4 Å². The highest BCUT2D eigenvalue weighted by atomic mass is 16.6. The third-order valence-electron chi connectivity index (χ3n) is 2.95. The number of nitro benzene ring substituents is 1. The minimum Gasteiger partial charge on any atom is -0.352 e. The first-order chi connectivity index (χ1) is 8.65. The summed E-state index contributed by atoms with van der Waals surface area (Å²) in [4.78, 5) is 21.1. The predicted molar refractivity (Wildman–Crippen MR) is 66.0 cm³/mol. The number of non-ortho nitro benzene ring substituents is 1. The largest absolute Gasteiger partial charge is 0.352 e. The van der Waals surface area contributed by atoms with Gasteiger partial charge in [-0.3, -0.25) is 14.9 Å². The SMILES string of the molecule is O=C1CCC(CNCc2ccc([N+](=O)[O-])cc2)N1. The molecule has 1 aromatic rings. The van der Waals surface area contributed by atoms with Crippen LogP contribution in [-0.2, 0) is 11.3 Å². The molecule has 1 aliphatic rings. The van der Waals surface area contributed by atoms with Crippen molar-refractivity contribution >= 4 is 11.6 Å². The normalized spacial score (nSPS) is 18.7. The Morgan fingerprint density at radius 2 is 2.11 bits per heavy atom. The number of rotatable bonds is 5. The van der Waals surface area contributed by atoms with Gasteiger partial charge in [0.2, 0.25) is 5.91 Å². The van der Waals surface area contributed by atoms with Crippen molar-refractivity contribution in [3.05, 3.63) is 39.9 Å². The minimum absolute atomic E-state index is 0.0989. The Bertz CT molecular complexity index is 444. The fourth-order valence-corrected chi connectivity index (χ4v) is 1.96. The second kappa shape index (κ2) is 5.59. The summed E-state index contributed by atoms with van der Waals surface area (Å²) in [6.45, 7) is 1.37. The van der Waals surface area contributed by atoms with Gasteiger partial charge < -0.3 is 10.6 Å². The van der Waals surface area contributed by atoms with Gasteiger partial charge in [-0.1, -0.05) is 12.1 Å². The number of nitrogens with one attached hydrogen (secondary N) is 2. The van der Waals surface area contributed by atoms with Crippen molar-refractivity contribution in [2.75, 3.05) is 6.54 Å². The first-order valence-corrected chi connectivity index (χ1v) is 5.88. The van der Waals surface area contributed by atoms with Crippen LogP contribution >= 0.6 is 0 Å². The average Bonchev–Trinajstić information content (AvgIpc) is 2.76. The second-order valence-corrected chi connectivity index (χ2v) is 4.36. The molecule has 1 unspecified atom stereocenters. The van der Waals surface area contributed by atoms with Gasteiger partial charge in [0.15, 0.2) is 0 Å². The Labute approximate surface area is 105 Å². The summed E-state index contributed by atoms with van der Waals surface area (Å²) in [6.07, 6.45) is 1.47. The lowest BCUT2D eigenvalue weighted by atomic mass is 10.2. The number of hydrogen-bond donors (Lipinski definition) is 2. The maximum Gasteiger partial charge on any atom is 0.269 e. The van der Waals surface area contributed by atoms with E-state index in [4.69, 9.17) is 0 Å². The molecule has 1 saturated heterocycles.